The van der Waals surface area contributed by atoms with Gasteiger partial charge >= 0.3 is 0 Å². The summed E-state index contributed by atoms with van der Waals surface area (Å²) in [4.78, 5) is 26.7. The topological polar surface area (TPSA) is 67.9 Å². The highest BCUT2D eigenvalue weighted by Crippen LogP contribution is 2.39. The number of amides is 2. The zero-order valence-corrected chi connectivity index (χ0v) is 14.4. The van der Waals surface area contributed by atoms with Crippen molar-refractivity contribution < 1.29 is 27.8 Å². The van der Waals surface area contributed by atoms with Crippen molar-refractivity contribution in [1.82, 2.24) is 4.90 Å². The molecule has 0 bridgehead atoms. The molecule has 140 valence electrons. The SMILES string of the molecule is CN1C[C@H](c2ccc3c(c2)OCO3)[C@@H](C(=O)Nc2cccc(F)c2F)C1=O. The van der Waals surface area contributed by atoms with Crippen LogP contribution >= 0.6 is 0 Å². The van der Waals surface area contributed by atoms with Gasteiger partial charge < -0.3 is 19.7 Å². The number of anilines is 1. The van der Waals surface area contributed by atoms with E-state index in [4.69, 9.17) is 9.47 Å². The molecule has 2 atom stereocenters. The smallest absolute Gasteiger partial charge is 0.237 e. The minimum absolute atomic E-state index is 0.116. The summed E-state index contributed by atoms with van der Waals surface area (Å²) in [6, 6.07) is 8.72. The average molecular weight is 374 g/mol. The standard InChI is InChI=1S/C19H16F2N2O4/c1-23-8-11(10-5-6-14-15(7-10)27-9-26-14)16(19(23)25)18(24)22-13-4-2-3-12(20)17(13)21/h2-7,11,16H,8-9H2,1H3,(H,22,24)/t11-,16+/m1/s1. The van der Waals surface area contributed by atoms with Crippen LogP contribution in [0.25, 0.3) is 0 Å². The van der Waals surface area contributed by atoms with E-state index in [1.165, 1.54) is 17.0 Å². The predicted octanol–water partition coefficient (Wildman–Crippen LogP) is 2.50. The monoisotopic (exact) mass is 374 g/mol. The van der Waals surface area contributed by atoms with Crippen molar-refractivity contribution >= 4 is 17.5 Å². The maximum atomic E-state index is 13.9. The van der Waals surface area contributed by atoms with Crippen LogP contribution in [-0.4, -0.2) is 37.1 Å². The van der Waals surface area contributed by atoms with Crippen molar-refractivity contribution in [2.24, 2.45) is 5.92 Å². The molecule has 4 rings (SSSR count). The summed E-state index contributed by atoms with van der Waals surface area (Å²) in [7, 11) is 1.60. The number of carbonyl (C=O) groups excluding carboxylic acids is 2. The summed E-state index contributed by atoms with van der Waals surface area (Å²) in [5.74, 6) is -3.67. The van der Waals surface area contributed by atoms with Crippen molar-refractivity contribution in [1.29, 1.82) is 0 Å². The highest BCUT2D eigenvalue weighted by atomic mass is 19.2. The Bertz CT molecular complexity index is 934. The van der Waals surface area contributed by atoms with Gasteiger partial charge in [-0.1, -0.05) is 12.1 Å². The number of likely N-dealkylation sites (N-methyl/N-ethyl adjacent to an activating group) is 1. The van der Waals surface area contributed by atoms with Gasteiger partial charge in [-0.2, -0.15) is 0 Å². The summed E-state index contributed by atoms with van der Waals surface area (Å²) < 4.78 is 37.9. The van der Waals surface area contributed by atoms with Gasteiger partial charge in [0.05, 0.1) is 5.69 Å². The lowest BCUT2D eigenvalue weighted by Gasteiger charge is -2.17. The van der Waals surface area contributed by atoms with Crippen LogP contribution < -0.4 is 14.8 Å². The van der Waals surface area contributed by atoms with Crippen molar-refractivity contribution in [2.45, 2.75) is 5.92 Å². The van der Waals surface area contributed by atoms with Crippen LogP contribution in [0.3, 0.4) is 0 Å². The van der Waals surface area contributed by atoms with Crippen molar-refractivity contribution in [2.75, 3.05) is 25.7 Å². The maximum absolute atomic E-state index is 13.9. The highest BCUT2D eigenvalue weighted by Gasteiger charge is 2.44. The van der Waals surface area contributed by atoms with Crippen LogP contribution in [0.5, 0.6) is 11.5 Å². The molecule has 2 aliphatic heterocycles. The summed E-state index contributed by atoms with van der Waals surface area (Å²) in [5, 5.41) is 2.34. The Kier molecular flexibility index (Phi) is 4.18. The molecular formula is C19H16F2N2O4. The van der Waals surface area contributed by atoms with Gasteiger partial charge in [0.2, 0.25) is 18.6 Å². The molecular weight excluding hydrogens is 358 g/mol. The molecule has 8 heteroatoms. The molecule has 2 amide bonds. The molecule has 0 aliphatic carbocycles. The fourth-order valence-electron chi connectivity index (χ4n) is 3.45. The molecule has 0 aromatic heterocycles. The molecule has 6 nitrogen and oxygen atoms in total. The van der Waals surface area contributed by atoms with E-state index in [2.05, 4.69) is 5.32 Å². The zero-order valence-electron chi connectivity index (χ0n) is 14.4. The number of hydrogen-bond donors (Lipinski definition) is 1. The van der Waals surface area contributed by atoms with Crippen LogP contribution in [0.4, 0.5) is 14.5 Å². The fourth-order valence-corrected chi connectivity index (χ4v) is 3.45. The van der Waals surface area contributed by atoms with Gasteiger partial charge in [0.25, 0.3) is 0 Å². The molecule has 2 aromatic carbocycles. The highest BCUT2D eigenvalue weighted by molar-refractivity contribution is 6.08. The van der Waals surface area contributed by atoms with Gasteiger partial charge in [-0.05, 0) is 29.8 Å². The third-order valence-corrected chi connectivity index (χ3v) is 4.83. The van der Waals surface area contributed by atoms with Crippen molar-refractivity contribution in [3.05, 3.63) is 53.6 Å². The summed E-state index contributed by atoms with van der Waals surface area (Å²) >= 11 is 0. The number of fused-ring (bicyclic) bond motifs is 1. The minimum atomic E-state index is -1.16. The molecule has 27 heavy (non-hydrogen) atoms. The molecule has 0 saturated carbocycles. The Morgan fingerprint density at radius 1 is 1.19 bits per heavy atom. The molecule has 2 aliphatic rings. The van der Waals surface area contributed by atoms with Gasteiger partial charge in [0.1, 0.15) is 5.92 Å². The maximum Gasteiger partial charge on any atom is 0.237 e. The Morgan fingerprint density at radius 3 is 2.78 bits per heavy atom. The zero-order chi connectivity index (χ0) is 19.1. The van der Waals surface area contributed by atoms with E-state index in [-0.39, 0.29) is 18.4 Å². The fraction of sp³-hybridized carbons (Fsp3) is 0.263. The van der Waals surface area contributed by atoms with Gasteiger partial charge in [-0.15, -0.1) is 0 Å². The first-order valence-corrected chi connectivity index (χ1v) is 8.35. The first kappa shape index (κ1) is 17.3. The van der Waals surface area contributed by atoms with Crippen LogP contribution in [0.1, 0.15) is 11.5 Å². The number of nitrogens with zero attached hydrogens (tertiary/aromatic N) is 1. The number of ether oxygens (including phenoxy) is 2. The van der Waals surface area contributed by atoms with Gasteiger partial charge in [-0.25, -0.2) is 8.78 Å². The Balaban J connectivity index is 1.63. The molecule has 2 aromatic rings. The molecule has 0 spiro atoms. The van der Waals surface area contributed by atoms with Crippen LogP contribution in [-0.2, 0) is 9.59 Å². The third-order valence-electron chi connectivity index (χ3n) is 4.83. The Morgan fingerprint density at radius 2 is 1.96 bits per heavy atom. The van der Waals surface area contributed by atoms with E-state index in [9.17, 15) is 18.4 Å². The Hall–Kier alpha value is -3.16. The van der Waals surface area contributed by atoms with E-state index in [1.807, 2.05) is 0 Å². The van der Waals surface area contributed by atoms with Gasteiger partial charge in [0.15, 0.2) is 23.1 Å². The Labute approximate surface area is 153 Å². The van der Waals surface area contributed by atoms with Crippen molar-refractivity contribution in [3.8, 4) is 11.5 Å². The van der Waals surface area contributed by atoms with Crippen LogP contribution in [0.2, 0.25) is 0 Å². The molecule has 1 N–H and O–H groups in total. The van der Waals surface area contributed by atoms with E-state index in [0.29, 0.717) is 18.0 Å². The first-order valence-electron chi connectivity index (χ1n) is 8.35. The van der Waals surface area contributed by atoms with E-state index < -0.39 is 29.4 Å². The summed E-state index contributed by atoms with van der Waals surface area (Å²) in [6.45, 7) is 0.438. The minimum Gasteiger partial charge on any atom is -0.454 e. The lowest BCUT2D eigenvalue weighted by atomic mass is 9.87. The lowest BCUT2D eigenvalue weighted by molar-refractivity contribution is -0.135. The molecule has 1 fully saturated rings. The van der Waals surface area contributed by atoms with Crippen LogP contribution in [0.15, 0.2) is 36.4 Å². The predicted molar refractivity (Wildman–Crippen MR) is 91.4 cm³/mol. The van der Waals surface area contributed by atoms with E-state index in [0.717, 1.165) is 11.6 Å². The number of hydrogen-bond acceptors (Lipinski definition) is 4. The molecule has 0 unspecified atom stereocenters. The number of halogens is 2. The number of nitrogens with one attached hydrogen (secondary N) is 1. The van der Waals surface area contributed by atoms with Crippen molar-refractivity contribution in [3.63, 3.8) is 0 Å². The molecule has 0 radical (unpaired) electrons. The number of benzene rings is 2. The quantitative estimate of drug-likeness (QED) is 0.839. The van der Waals surface area contributed by atoms with Gasteiger partial charge in [-0.3, -0.25) is 9.59 Å². The second kappa shape index (κ2) is 6.53. The summed E-state index contributed by atoms with van der Waals surface area (Å²) in [6.07, 6.45) is 0. The number of carbonyl (C=O) groups is 2. The summed E-state index contributed by atoms with van der Waals surface area (Å²) in [5.41, 5.74) is 0.434. The third kappa shape index (κ3) is 2.97. The number of rotatable bonds is 3. The second-order valence-electron chi connectivity index (χ2n) is 6.51. The normalized spacial score (nSPS) is 20.9. The molecule has 1 saturated heterocycles. The van der Waals surface area contributed by atoms with Gasteiger partial charge in [0, 0.05) is 19.5 Å². The second-order valence-corrected chi connectivity index (χ2v) is 6.51. The van der Waals surface area contributed by atoms with Crippen LogP contribution in [0, 0.1) is 17.6 Å². The first-order chi connectivity index (χ1) is 13.0. The average Bonchev–Trinajstić information content (AvgIpc) is 3.23. The van der Waals surface area contributed by atoms with E-state index >= 15 is 0 Å². The largest absolute Gasteiger partial charge is 0.454 e. The molecule has 2 heterocycles. The number of likely N-dealkylation sites (tertiary alicyclic amines) is 1. The lowest BCUT2D eigenvalue weighted by Crippen LogP contribution is -2.33. The van der Waals surface area contributed by atoms with E-state index in [1.54, 1.807) is 25.2 Å².